The van der Waals surface area contributed by atoms with Gasteiger partial charge < -0.3 is 15.2 Å². The number of carbonyl (C=O) groups is 2. The normalized spacial score (nSPS) is 9.50. The molecule has 1 N–H and O–H groups in total. The van der Waals surface area contributed by atoms with E-state index in [1.54, 1.807) is 25.1 Å². The first-order valence-electron chi connectivity index (χ1n) is 4.15. The van der Waals surface area contributed by atoms with Gasteiger partial charge in [0.1, 0.15) is 0 Å². The van der Waals surface area contributed by atoms with Crippen molar-refractivity contribution < 1.29 is 14.7 Å². The van der Waals surface area contributed by atoms with Crippen LogP contribution < -0.4 is 10.4 Å². The van der Waals surface area contributed by atoms with Crippen LogP contribution in [0.4, 0.5) is 0 Å². The summed E-state index contributed by atoms with van der Waals surface area (Å²) in [7, 11) is 0. The van der Waals surface area contributed by atoms with Gasteiger partial charge in [-0.05, 0) is 18.6 Å². The van der Waals surface area contributed by atoms with Crippen LogP contribution in [0.15, 0.2) is 24.3 Å². The van der Waals surface area contributed by atoms with E-state index in [0.717, 1.165) is 5.56 Å². The third-order valence-electron chi connectivity index (χ3n) is 1.78. The number of aliphatic carboxylic acids is 1. The first-order valence-corrected chi connectivity index (χ1v) is 4.15. The van der Waals surface area contributed by atoms with Crippen molar-refractivity contribution in [1.29, 1.82) is 0 Å². The molecule has 74 valence electrons. The van der Waals surface area contributed by atoms with Crippen LogP contribution in [-0.2, 0) is 4.79 Å². The summed E-state index contributed by atoms with van der Waals surface area (Å²) in [6, 6.07) is 6.96. The van der Waals surface area contributed by atoms with E-state index in [-0.39, 0.29) is 0 Å². The third kappa shape index (κ3) is 2.58. The van der Waals surface area contributed by atoms with Crippen LogP contribution >= 0.6 is 0 Å². The Labute approximate surface area is 81.6 Å². The Balaban J connectivity index is 2.70. The molecule has 0 aliphatic heterocycles. The summed E-state index contributed by atoms with van der Waals surface area (Å²) < 4.78 is 0. The van der Waals surface area contributed by atoms with Crippen LogP contribution in [0.3, 0.4) is 0 Å². The number of amides is 1. The standard InChI is InChI=1S/C10H11NO3/c1-7-4-2-3-5-8(7)10(14)11-6-9(12)13/h2-5H,6H2,1H3,(H,11,14)(H,12,13)/p-1. The van der Waals surface area contributed by atoms with Crippen LogP contribution in [0.1, 0.15) is 15.9 Å². The van der Waals surface area contributed by atoms with Crippen molar-refractivity contribution in [2.45, 2.75) is 6.92 Å². The molecule has 1 amide bonds. The highest BCUT2D eigenvalue weighted by atomic mass is 16.4. The molecule has 0 heterocycles. The highest BCUT2D eigenvalue weighted by molar-refractivity contribution is 5.96. The molecule has 0 aliphatic carbocycles. The van der Waals surface area contributed by atoms with Crippen LogP contribution in [0.5, 0.6) is 0 Å². The Kier molecular flexibility index (Phi) is 3.23. The molecular weight excluding hydrogens is 182 g/mol. The zero-order valence-electron chi connectivity index (χ0n) is 7.74. The van der Waals surface area contributed by atoms with Crippen molar-refractivity contribution in [3.8, 4) is 0 Å². The van der Waals surface area contributed by atoms with Gasteiger partial charge in [0.05, 0.1) is 12.5 Å². The zero-order valence-corrected chi connectivity index (χ0v) is 7.74. The van der Waals surface area contributed by atoms with E-state index in [1.807, 2.05) is 6.07 Å². The average Bonchev–Trinajstić information content (AvgIpc) is 2.15. The molecule has 1 aromatic rings. The fraction of sp³-hybridized carbons (Fsp3) is 0.200. The fourth-order valence-electron chi connectivity index (χ4n) is 1.08. The Morgan fingerprint density at radius 3 is 2.57 bits per heavy atom. The predicted octanol–water partition coefficient (Wildman–Crippen LogP) is -0.525. The molecule has 0 aromatic heterocycles. The molecule has 1 aromatic carbocycles. The Morgan fingerprint density at radius 2 is 2.00 bits per heavy atom. The highest BCUT2D eigenvalue weighted by Crippen LogP contribution is 2.05. The molecule has 0 unspecified atom stereocenters. The maximum absolute atomic E-state index is 11.4. The van der Waals surface area contributed by atoms with Gasteiger partial charge in [0.15, 0.2) is 0 Å². The predicted molar refractivity (Wildman–Crippen MR) is 48.5 cm³/mol. The van der Waals surface area contributed by atoms with Gasteiger partial charge in [-0.3, -0.25) is 4.79 Å². The number of benzene rings is 1. The summed E-state index contributed by atoms with van der Waals surface area (Å²) in [6.45, 7) is 1.32. The first kappa shape index (κ1) is 10.2. The van der Waals surface area contributed by atoms with Gasteiger partial charge in [0.25, 0.3) is 5.91 Å². The van der Waals surface area contributed by atoms with Crippen molar-refractivity contribution in [1.82, 2.24) is 5.32 Å². The van der Waals surface area contributed by atoms with E-state index >= 15 is 0 Å². The number of aryl methyl sites for hydroxylation is 1. The van der Waals surface area contributed by atoms with E-state index in [0.29, 0.717) is 5.56 Å². The number of hydrogen-bond acceptors (Lipinski definition) is 3. The number of carbonyl (C=O) groups excluding carboxylic acids is 2. The SMILES string of the molecule is Cc1ccccc1C(=O)NCC(=O)[O-]. The maximum atomic E-state index is 11.4. The molecule has 0 saturated carbocycles. The summed E-state index contributed by atoms with van der Waals surface area (Å²) in [4.78, 5) is 21.5. The van der Waals surface area contributed by atoms with Gasteiger partial charge >= 0.3 is 0 Å². The second-order valence-electron chi connectivity index (χ2n) is 2.87. The second kappa shape index (κ2) is 4.41. The third-order valence-corrected chi connectivity index (χ3v) is 1.78. The van der Waals surface area contributed by atoms with E-state index in [4.69, 9.17) is 0 Å². The summed E-state index contributed by atoms with van der Waals surface area (Å²) in [6.07, 6.45) is 0. The number of carboxylic acid groups (broad SMARTS) is 1. The van der Waals surface area contributed by atoms with Gasteiger partial charge in [0, 0.05) is 5.56 Å². The summed E-state index contributed by atoms with van der Waals surface area (Å²) in [5.41, 5.74) is 1.29. The largest absolute Gasteiger partial charge is 0.548 e. The lowest BCUT2D eigenvalue weighted by Gasteiger charge is -2.07. The molecule has 0 atom stereocenters. The fourth-order valence-corrected chi connectivity index (χ4v) is 1.08. The number of rotatable bonds is 3. The lowest BCUT2D eigenvalue weighted by atomic mass is 10.1. The lowest BCUT2D eigenvalue weighted by Crippen LogP contribution is -2.37. The second-order valence-corrected chi connectivity index (χ2v) is 2.87. The minimum Gasteiger partial charge on any atom is -0.548 e. The Morgan fingerprint density at radius 1 is 1.36 bits per heavy atom. The monoisotopic (exact) mass is 192 g/mol. The van der Waals surface area contributed by atoms with Gasteiger partial charge in [0.2, 0.25) is 0 Å². The molecule has 14 heavy (non-hydrogen) atoms. The number of carboxylic acids is 1. The van der Waals surface area contributed by atoms with Gasteiger partial charge in [-0.1, -0.05) is 18.2 Å². The Hall–Kier alpha value is -1.84. The van der Waals surface area contributed by atoms with Crippen molar-refractivity contribution >= 4 is 11.9 Å². The topological polar surface area (TPSA) is 69.2 Å². The van der Waals surface area contributed by atoms with Crippen molar-refractivity contribution in [2.24, 2.45) is 0 Å². The molecule has 0 fully saturated rings. The van der Waals surface area contributed by atoms with Crippen LogP contribution in [-0.4, -0.2) is 18.4 Å². The molecular formula is C10H10NO3-. The molecule has 4 nitrogen and oxygen atoms in total. The number of nitrogens with one attached hydrogen (secondary N) is 1. The van der Waals surface area contributed by atoms with E-state index < -0.39 is 18.4 Å². The summed E-state index contributed by atoms with van der Waals surface area (Å²) >= 11 is 0. The first-order chi connectivity index (χ1) is 6.61. The maximum Gasteiger partial charge on any atom is 0.251 e. The summed E-state index contributed by atoms with van der Waals surface area (Å²) in [5, 5.41) is 12.3. The summed E-state index contributed by atoms with van der Waals surface area (Å²) in [5.74, 6) is -1.70. The lowest BCUT2D eigenvalue weighted by molar-refractivity contribution is -0.303. The minimum atomic E-state index is -1.30. The van der Waals surface area contributed by atoms with Crippen molar-refractivity contribution in [3.63, 3.8) is 0 Å². The smallest absolute Gasteiger partial charge is 0.251 e. The van der Waals surface area contributed by atoms with E-state index in [9.17, 15) is 14.7 Å². The quantitative estimate of drug-likeness (QED) is 0.700. The molecule has 0 radical (unpaired) electrons. The Bertz CT molecular complexity index is 360. The zero-order chi connectivity index (χ0) is 10.6. The van der Waals surface area contributed by atoms with Crippen LogP contribution in [0.2, 0.25) is 0 Å². The van der Waals surface area contributed by atoms with Crippen molar-refractivity contribution in [2.75, 3.05) is 6.54 Å². The number of hydrogen-bond donors (Lipinski definition) is 1. The van der Waals surface area contributed by atoms with Crippen LogP contribution in [0.25, 0.3) is 0 Å². The average molecular weight is 192 g/mol. The van der Waals surface area contributed by atoms with Gasteiger partial charge in [-0.25, -0.2) is 0 Å². The molecule has 1 rings (SSSR count). The minimum absolute atomic E-state index is 0.396. The van der Waals surface area contributed by atoms with Gasteiger partial charge in [-0.2, -0.15) is 0 Å². The molecule has 0 spiro atoms. The van der Waals surface area contributed by atoms with E-state index in [1.165, 1.54) is 0 Å². The van der Waals surface area contributed by atoms with Crippen molar-refractivity contribution in [3.05, 3.63) is 35.4 Å². The molecule has 4 heteroatoms. The van der Waals surface area contributed by atoms with Crippen LogP contribution in [0, 0.1) is 6.92 Å². The van der Waals surface area contributed by atoms with Gasteiger partial charge in [-0.15, -0.1) is 0 Å². The molecule has 0 saturated heterocycles. The molecule has 0 bridgehead atoms. The van der Waals surface area contributed by atoms with E-state index in [2.05, 4.69) is 5.32 Å². The molecule has 0 aliphatic rings. The highest BCUT2D eigenvalue weighted by Gasteiger charge is 2.06.